The van der Waals surface area contributed by atoms with E-state index in [-0.39, 0.29) is 17.6 Å². The van der Waals surface area contributed by atoms with Gasteiger partial charge in [0.2, 0.25) is 0 Å². The molecule has 2 fully saturated rings. The molecule has 0 bridgehead atoms. The van der Waals surface area contributed by atoms with Crippen molar-refractivity contribution in [3.63, 3.8) is 0 Å². The van der Waals surface area contributed by atoms with Crippen molar-refractivity contribution in [2.75, 3.05) is 26.8 Å². The normalized spacial score (nSPS) is 30.4. The summed E-state index contributed by atoms with van der Waals surface area (Å²) in [6, 6.07) is 0. The smallest absolute Gasteiger partial charge is 0.273 e. The highest BCUT2D eigenvalue weighted by Crippen LogP contribution is 2.36. The lowest BCUT2D eigenvalue weighted by Crippen LogP contribution is -2.36. The van der Waals surface area contributed by atoms with Crippen LogP contribution >= 0.6 is 11.3 Å². The van der Waals surface area contributed by atoms with E-state index in [4.69, 9.17) is 9.47 Å². The van der Waals surface area contributed by atoms with Crippen LogP contribution in [0.3, 0.4) is 0 Å². The lowest BCUT2D eigenvalue weighted by Gasteiger charge is -2.22. The van der Waals surface area contributed by atoms with E-state index in [9.17, 15) is 4.79 Å². The molecule has 1 spiro atoms. The minimum atomic E-state index is -0.193. The van der Waals surface area contributed by atoms with Crippen LogP contribution in [0, 0.1) is 6.92 Å². The molecule has 6 heteroatoms. The van der Waals surface area contributed by atoms with Crippen molar-refractivity contribution < 1.29 is 14.3 Å². The van der Waals surface area contributed by atoms with Crippen LogP contribution < -0.4 is 0 Å². The van der Waals surface area contributed by atoms with E-state index in [1.165, 1.54) is 11.3 Å². The molecular formula is C13H18N2O3S. The Balaban J connectivity index is 1.68. The van der Waals surface area contributed by atoms with Crippen LogP contribution in [-0.4, -0.2) is 54.3 Å². The molecule has 3 heterocycles. The van der Waals surface area contributed by atoms with Crippen molar-refractivity contribution in [1.29, 1.82) is 0 Å². The standard InChI is InChI=1S/C13H18N2O3S/c1-9-14-11(7-19-9)12(16)15-4-3-13(8-15)5-10(17-2)6-18-13/h7,10H,3-6,8H2,1-2H3/t10-,13+/m1/s1. The lowest BCUT2D eigenvalue weighted by molar-refractivity contribution is 0.00698. The molecule has 2 aliphatic rings. The summed E-state index contributed by atoms with van der Waals surface area (Å²) >= 11 is 1.51. The lowest BCUT2D eigenvalue weighted by atomic mass is 9.98. The fourth-order valence-electron chi connectivity index (χ4n) is 2.88. The van der Waals surface area contributed by atoms with Crippen LogP contribution in [-0.2, 0) is 9.47 Å². The van der Waals surface area contributed by atoms with E-state index in [1.807, 2.05) is 17.2 Å². The van der Waals surface area contributed by atoms with Gasteiger partial charge in [-0.05, 0) is 13.3 Å². The summed E-state index contributed by atoms with van der Waals surface area (Å²) in [5, 5.41) is 2.75. The molecule has 0 N–H and O–H groups in total. The van der Waals surface area contributed by atoms with Crippen LogP contribution in [0.5, 0.6) is 0 Å². The second-order valence-corrected chi connectivity index (χ2v) is 6.35. The minimum absolute atomic E-state index is 0.0192. The molecule has 2 saturated heterocycles. The van der Waals surface area contributed by atoms with Crippen molar-refractivity contribution >= 4 is 17.2 Å². The molecule has 19 heavy (non-hydrogen) atoms. The van der Waals surface area contributed by atoms with Crippen LogP contribution in [0.2, 0.25) is 0 Å². The highest BCUT2D eigenvalue weighted by atomic mass is 32.1. The minimum Gasteiger partial charge on any atom is -0.379 e. The molecule has 0 saturated carbocycles. The number of likely N-dealkylation sites (tertiary alicyclic amines) is 1. The average molecular weight is 282 g/mol. The Morgan fingerprint density at radius 2 is 2.53 bits per heavy atom. The number of carbonyl (C=O) groups excluding carboxylic acids is 1. The Morgan fingerprint density at radius 1 is 1.68 bits per heavy atom. The first-order valence-corrected chi connectivity index (χ1v) is 7.38. The van der Waals surface area contributed by atoms with E-state index in [1.54, 1.807) is 7.11 Å². The zero-order valence-corrected chi connectivity index (χ0v) is 12.0. The van der Waals surface area contributed by atoms with Gasteiger partial charge in [-0.3, -0.25) is 4.79 Å². The molecule has 1 amide bonds. The number of hydrogen-bond donors (Lipinski definition) is 0. The van der Waals surface area contributed by atoms with Gasteiger partial charge in [0.05, 0.1) is 29.9 Å². The number of methoxy groups -OCH3 is 1. The third kappa shape index (κ3) is 2.40. The first-order valence-electron chi connectivity index (χ1n) is 6.50. The van der Waals surface area contributed by atoms with Crippen molar-refractivity contribution in [2.24, 2.45) is 0 Å². The van der Waals surface area contributed by atoms with Gasteiger partial charge in [0.1, 0.15) is 5.69 Å². The number of aromatic nitrogens is 1. The highest BCUT2D eigenvalue weighted by molar-refractivity contribution is 7.09. The topological polar surface area (TPSA) is 51.7 Å². The number of thiazole rings is 1. The molecule has 0 radical (unpaired) electrons. The summed E-state index contributed by atoms with van der Waals surface area (Å²) in [6.45, 7) is 3.94. The fraction of sp³-hybridized carbons (Fsp3) is 0.692. The van der Waals surface area contributed by atoms with Gasteiger partial charge in [-0.2, -0.15) is 0 Å². The number of ether oxygens (including phenoxy) is 2. The van der Waals surface area contributed by atoms with E-state index >= 15 is 0 Å². The van der Waals surface area contributed by atoms with Crippen molar-refractivity contribution in [2.45, 2.75) is 31.5 Å². The maximum absolute atomic E-state index is 12.3. The third-order valence-corrected chi connectivity index (χ3v) is 4.72. The molecule has 0 unspecified atom stereocenters. The quantitative estimate of drug-likeness (QED) is 0.824. The Morgan fingerprint density at radius 3 is 3.16 bits per heavy atom. The van der Waals surface area contributed by atoms with Gasteiger partial charge in [-0.15, -0.1) is 11.3 Å². The highest BCUT2D eigenvalue weighted by Gasteiger charge is 2.47. The molecule has 1 aromatic rings. The van der Waals surface area contributed by atoms with Gasteiger partial charge in [0, 0.05) is 25.5 Å². The van der Waals surface area contributed by atoms with E-state index in [0.717, 1.165) is 24.4 Å². The van der Waals surface area contributed by atoms with Crippen molar-refractivity contribution in [1.82, 2.24) is 9.88 Å². The summed E-state index contributed by atoms with van der Waals surface area (Å²) in [4.78, 5) is 18.5. The van der Waals surface area contributed by atoms with Gasteiger partial charge in [0.15, 0.2) is 0 Å². The monoisotopic (exact) mass is 282 g/mol. The van der Waals surface area contributed by atoms with Crippen LogP contribution in [0.4, 0.5) is 0 Å². The first kappa shape index (κ1) is 13.0. The molecule has 3 rings (SSSR count). The molecular weight excluding hydrogens is 264 g/mol. The van der Waals surface area contributed by atoms with Crippen LogP contribution in [0.15, 0.2) is 5.38 Å². The number of aryl methyl sites for hydroxylation is 1. The maximum Gasteiger partial charge on any atom is 0.273 e. The summed E-state index contributed by atoms with van der Waals surface area (Å²) in [7, 11) is 1.71. The van der Waals surface area contributed by atoms with E-state index in [0.29, 0.717) is 18.8 Å². The van der Waals surface area contributed by atoms with E-state index in [2.05, 4.69) is 4.98 Å². The van der Waals surface area contributed by atoms with Crippen LogP contribution in [0.25, 0.3) is 0 Å². The van der Waals surface area contributed by atoms with Gasteiger partial charge < -0.3 is 14.4 Å². The molecule has 0 aliphatic carbocycles. The van der Waals surface area contributed by atoms with Gasteiger partial charge in [-0.1, -0.05) is 0 Å². The number of rotatable bonds is 2. The van der Waals surface area contributed by atoms with Gasteiger partial charge in [0.25, 0.3) is 5.91 Å². The maximum atomic E-state index is 12.3. The molecule has 2 atom stereocenters. The summed E-state index contributed by atoms with van der Waals surface area (Å²) < 4.78 is 11.2. The Bertz CT molecular complexity index is 490. The van der Waals surface area contributed by atoms with Crippen LogP contribution in [0.1, 0.15) is 28.3 Å². The molecule has 1 aromatic heterocycles. The molecule has 2 aliphatic heterocycles. The zero-order chi connectivity index (χ0) is 13.5. The molecule has 5 nitrogen and oxygen atoms in total. The van der Waals surface area contributed by atoms with Crippen molar-refractivity contribution in [3.05, 3.63) is 16.1 Å². The first-order chi connectivity index (χ1) is 9.12. The second-order valence-electron chi connectivity index (χ2n) is 5.28. The van der Waals surface area contributed by atoms with Gasteiger partial charge in [-0.25, -0.2) is 4.98 Å². The van der Waals surface area contributed by atoms with Gasteiger partial charge >= 0.3 is 0 Å². The largest absolute Gasteiger partial charge is 0.379 e. The predicted molar refractivity (Wildman–Crippen MR) is 71.5 cm³/mol. The molecule has 104 valence electrons. The third-order valence-electron chi connectivity index (χ3n) is 3.95. The zero-order valence-electron chi connectivity index (χ0n) is 11.2. The Labute approximate surface area is 116 Å². The molecule has 0 aromatic carbocycles. The number of carbonyl (C=O) groups is 1. The summed E-state index contributed by atoms with van der Waals surface area (Å²) in [6.07, 6.45) is 1.93. The summed E-state index contributed by atoms with van der Waals surface area (Å²) in [5.41, 5.74) is 0.363. The predicted octanol–water partition coefficient (Wildman–Crippen LogP) is 1.47. The number of amides is 1. The second kappa shape index (κ2) is 4.85. The van der Waals surface area contributed by atoms with Crippen molar-refractivity contribution in [3.8, 4) is 0 Å². The van der Waals surface area contributed by atoms with E-state index < -0.39 is 0 Å². The average Bonchev–Trinajstić information content (AvgIpc) is 3.11. The SMILES string of the molecule is CO[C@H]1CO[C@@]2(CCN(C(=O)c3csc(C)n3)C2)C1. The Kier molecular flexibility index (Phi) is 3.32. The number of hydrogen-bond acceptors (Lipinski definition) is 5. The summed E-state index contributed by atoms with van der Waals surface area (Å²) in [5.74, 6) is 0.0192. The Hall–Kier alpha value is -0.980. The number of nitrogens with zero attached hydrogens (tertiary/aromatic N) is 2. The fourth-order valence-corrected chi connectivity index (χ4v) is 3.47.